The number of aromatic nitrogens is 4. The quantitative estimate of drug-likeness (QED) is 0.454. The van der Waals surface area contributed by atoms with Crippen LogP contribution < -0.4 is 10.5 Å². The summed E-state index contributed by atoms with van der Waals surface area (Å²) in [4.78, 5) is 19.9. The Morgan fingerprint density at radius 1 is 1.18 bits per heavy atom. The fraction of sp³-hybridized carbons (Fsp3) is 0.292. The zero-order valence-electron chi connectivity index (χ0n) is 18.5. The van der Waals surface area contributed by atoms with Crippen LogP contribution in [0.15, 0.2) is 47.7 Å². The number of hydrogen-bond acceptors (Lipinski definition) is 5. The molecule has 4 heterocycles. The van der Waals surface area contributed by atoms with Gasteiger partial charge in [-0.15, -0.1) is 0 Å². The first-order chi connectivity index (χ1) is 15.8. The number of rotatable bonds is 3. The highest BCUT2D eigenvalue weighted by Crippen LogP contribution is 2.33. The van der Waals surface area contributed by atoms with E-state index in [-0.39, 0.29) is 11.7 Å². The summed E-state index contributed by atoms with van der Waals surface area (Å²) in [6, 6.07) is 6.41. The van der Waals surface area contributed by atoms with E-state index in [1.54, 1.807) is 43.1 Å². The topological polar surface area (TPSA) is 64.7 Å². The molecule has 0 radical (unpaired) electrons. The molecule has 1 saturated heterocycles. The van der Waals surface area contributed by atoms with E-state index < -0.39 is 5.82 Å². The predicted octanol–water partition coefficient (Wildman–Crippen LogP) is 4.08. The van der Waals surface area contributed by atoms with Gasteiger partial charge in [-0.05, 0) is 38.1 Å². The molecule has 0 saturated carbocycles. The van der Waals surface area contributed by atoms with E-state index in [2.05, 4.69) is 15.0 Å². The number of aryl methyl sites for hydroxylation is 2. The van der Waals surface area contributed by atoms with Crippen molar-refractivity contribution in [3.63, 3.8) is 0 Å². The van der Waals surface area contributed by atoms with E-state index >= 15 is 0 Å². The fourth-order valence-electron chi connectivity index (χ4n) is 4.19. The van der Waals surface area contributed by atoms with Crippen LogP contribution in [0.5, 0.6) is 0 Å². The van der Waals surface area contributed by atoms with Crippen molar-refractivity contribution in [1.29, 1.82) is 0 Å². The second-order valence-corrected chi connectivity index (χ2v) is 8.75. The van der Waals surface area contributed by atoms with Gasteiger partial charge in [-0.2, -0.15) is 5.10 Å². The van der Waals surface area contributed by atoms with Crippen molar-refractivity contribution in [3.05, 3.63) is 80.9 Å². The molecule has 170 valence electrons. The van der Waals surface area contributed by atoms with Crippen LogP contribution >= 0.6 is 11.6 Å². The molecule has 33 heavy (non-hydrogen) atoms. The second-order valence-electron chi connectivity index (χ2n) is 8.31. The van der Waals surface area contributed by atoms with Gasteiger partial charge in [0.05, 0.1) is 18.5 Å². The minimum Gasteiger partial charge on any atom is -0.370 e. The van der Waals surface area contributed by atoms with E-state index in [1.165, 1.54) is 10.5 Å². The van der Waals surface area contributed by atoms with Crippen LogP contribution in [0.2, 0.25) is 5.02 Å². The van der Waals surface area contributed by atoms with Crippen molar-refractivity contribution in [3.8, 4) is 11.1 Å². The molecule has 1 aliphatic heterocycles. The smallest absolute Gasteiger partial charge is 0.261 e. The van der Waals surface area contributed by atoms with Crippen LogP contribution in [0.3, 0.4) is 0 Å². The fourth-order valence-corrected chi connectivity index (χ4v) is 4.35. The third kappa shape index (κ3) is 3.89. The van der Waals surface area contributed by atoms with Gasteiger partial charge in [-0.3, -0.25) is 13.9 Å². The van der Waals surface area contributed by atoms with Crippen molar-refractivity contribution < 1.29 is 9.13 Å². The van der Waals surface area contributed by atoms with Crippen molar-refractivity contribution in [2.45, 2.75) is 20.0 Å². The van der Waals surface area contributed by atoms with Gasteiger partial charge in [0.25, 0.3) is 5.56 Å². The Hall–Kier alpha value is -3.23. The van der Waals surface area contributed by atoms with E-state index in [9.17, 15) is 9.18 Å². The highest BCUT2D eigenvalue weighted by Gasteiger charge is 2.25. The van der Waals surface area contributed by atoms with Gasteiger partial charge in [-0.1, -0.05) is 11.6 Å². The lowest BCUT2D eigenvalue weighted by atomic mass is 10.0. The Morgan fingerprint density at radius 2 is 2.00 bits per heavy atom. The van der Waals surface area contributed by atoms with Gasteiger partial charge in [0.2, 0.25) is 0 Å². The Morgan fingerprint density at radius 3 is 2.73 bits per heavy atom. The Balaban J connectivity index is 1.67. The van der Waals surface area contributed by atoms with Crippen molar-refractivity contribution in [2.75, 3.05) is 24.6 Å². The molecule has 1 unspecified atom stereocenters. The lowest BCUT2D eigenvalue weighted by Crippen LogP contribution is -2.38. The number of ether oxygens (including phenoxy) is 1. The van der Waals surface area contributed by atoms with Gasteiger partial charge >= 0.3 is 0 Å². The van der Waals surface area contributed by atoms with E-state index in [1.807, 2.05) is 19.3 Å². The molecule has 0 N–H and O–H groups in total. The second kappa shape index (κ2) is 8.28. The number of anilines is 1. The van der Waals surface area contributed by atoms with Crippen LogP contribution in [0.4, 0.5) is 10.1 Å². The molecule has 1 aromatic carbocycles. The maximum atomic E-state index is 15.0. The Labute approximate surface area is 195 Å². The monoisotopic (exact) mass is 467 g/mol. The number of benzene rings is 1. The van der Waals surface area contributed by atoms with Crippen LogP contribution in [0, 0.1) is 19.7 Å². The summed E-state index contributed by atoms with van der Waals surface area (Å²) in [5.74, 6) is -0.468. The highest BCUT2D eigenvalue weighted by molar-refractivity contribution is 6.30. The van der Waals surface area contributed by atoms with Gasteiger partial charge < -0.3 is 9.64 Å². The minimum absolute atomic E-state index is 0.159. The summed E-state index contributed by atoms with van der Waals surface area (Å²) >= 11 is 5.98. The summed E-state index contributed by atoms with van der Waals surface area (Å²) in [5, 5.41) is 4.55. The zero-order chi connectivity index (χ0) is 23.3. The number of halogens is 2. The van der Waals surface area contributed by atoms with Crippen molar-refractivity contribution >= 4 is 22.9 Å². The molecule has 0 amide bonds. The van der Waals surface area contributed by atoms with Crippen LogP contribution in [0.25, 0.3) is 16.8 Å². The van der Waals surface area contributed by atoms with E-state index in [0.717, 1.165) is 11.3 Å². The number of fused-ring (bicyclic) bond motifs is 1. The summed E-state index contributed by atoms with van der Waals surface area (Å²) < 4.78 is 24.2. The number of morpholine rings is 1. The normalized spacial score (nSPS) is 16.5. The number of nitrogens with zero attached hydrogens (tertiary/aromatic N) is 5. The molecule has 1 fully saturated rings. The molecule has 0 bridgehead atoms. The standard InChI is InChI=1S/C24H23ClFN5O2/c1-14-15(2)28-23-20(19-5-4-17(25)8-21(19)26)9-18(12-31(23)24(14)32)30-6-7-33-22(13-30)16-10-27-29(3)11-16/h4-5,8-12,22H,6-7,13H2,1-3H3. The molecular weight excluding hydrogens is 445 g/mol. The highest BCUT2D eigenvalue weighted by atomic mass is 35.5. The third-order valence-corrected chi connectivity index (χ3v) is 6.36. The van der Waals surface area contributed by atoms with Crippen LogP contribution in [-0.2, 0) is 11.8 Å². The molecule has 0 spiro atoms. The van der Waals surface area contributed by atoms with Crippen LogP contribution in [-0.4, -0.2) is 38.9 Å². The van der Waals surface area contributed by atoms with E-state index in [0.29, 0.717) is 52.8 Å². The first kappa shape index (κ1) is 21.6. The lowest BCUT2D eigenvalue weighted by Gasteiger charge is -2.34. The molecule has 1 aliphatic rings. The summed E-state index contributed by atoms with van der Waals surface area (Å²) in [6.07, 6.45) is 5.35. The Bertz CT molecular complexity index is 1430. The minimum atomic E-state index is -0.468. The summed E-state index contributed by atoms with van der Waals surface area (Å²) in [7, 11) is 1.87. The first-order valence-electron chi connectivity index (χ1n) is 10.7. The molecule has 9 heteroatoms. The molecule has 0 aliphatic carbocycles. The largest absolute Gasteiger partial charge is 0.370 e. The average molecular weight is 468 g/mol. The maximum Gasteiger partial charge on any atom is 0.261 e. The zero-order valence-corrected chi connectivity index (χ0v) is 19.3. The van der Waals surface area contributed by atoms with Gasteiger partial charge in [0.15, 0.2) is 0 Å². The predicted molar refractivity (Wildman–Crippen MR) is 125 cm³/mol. The lowest BCUT2D eigenvalue weighted by molar-refractivity contribution is 0.0397. The third-order valence-electron chi connectivity index (χ3n) is 6.13. The van der Waals surface area contributed by atoms with Crippen LogP contribution in [0.1, 0.15) is 22.9 Å². The number of pyridine rings is 1. The Kier molecular flexibility index (Phi) is 5.42. The van der Waals surface area contributed by atoms with Gasteiger partial charge in [-0.25, -0.2) is 9.37 Å². The molecule has 3 aromatic heterocycles. The summed E-state index contributed by atoms with van der Waals surface area (Å²) in [5.41, 5.74) is 4.05. The SMILES string of the molecule is Cc1nc2c(-c3ccc(Cl)cc3F)cc(N3CCOC(c4cnn(C)c4)C3)cn2c(=O)c1C. The molecular formula is C24H23ClFN5O2. The molecule has 1 atom stereocenters. The van der Waals surface area contributed by atoms with Crippen molar-refractivity contribution in [1.82, 2.24) is 19.2 Å². The summed E-state index contributed by atoms with van der Waals surface area (Å²) in [6.45, 7) is 5.26. The average Bonchev–Trinajstić information content (AvgIpc) is 3.24. The molecule has 7 nitrogen and oxygen atoms in total. The molecule has 4 aromatic rings. The van der Waals surface area contributed by atoms with E-state index in [4.69, 9.17) is 16.3 Å². The maximum absolute atomic E-state index is 15.0. The van der Waals surface area contributed by atoms with Crippen molar-refractivity contribution in [2.24, 2.45) is 7.05 Å². The molecule has 5 rings (SSSR count). The van der Waals surface area contributed by atoms with Gasteiger partial charge in [0.1, 0.15) is 17.6 Å². The first-order valence-corrected chi connectivity index (χ1v) is 11.0. The van der Waals surface area contributed by atoms with Gasteiger partial charge in [0, 0.05) is 65.5 Å². The number of hydrogen-bond donors (Lipinski definition) is 0.